The summed E-state index contributed by atoms with van der Waals surface area (Å²) in [7, 11) is 0. The molecule has 2 heterocycles. The van der Waals surface area contributed by atoms with E-state index in [-0.39, 0.29) is 6.03 Å². The molecule has 1 unspecified atom stereocenters. The molecule has 0 spiro atoms. The standard InChI is InChI=1S/C14H22N2OS/c1-3-12-5-4-8-16(10-12)14(17)15-9-13-7-6-11(2)18-13/h6-7,12H,3-5,8-10H2,1-2H3,(H,15,17). The first-order valence-electron chi connectivity index (χ1n) is 6.77. The summed E-state index contributed by atoms with van der Waals surface area (Å²) < 4.78 is 0. The summed E-state index contributed by atoms with van der Waals surface area (Å²) >= 11 is 1.75. The molecule has 2 rings (SSSR count). The molecule has 1 N–H and O–H groups in total. The highest BCUT2D eigenvalue weighted by Crippen LogP contribution is 2.19. The van der Waals surface area contributed by atoms with E-state index in [1.807, 2.05) is 4.90 Å². The molecule has 1 atom stereocenters. The number of rotatable bonds is 3. The third-order valence-electron chi connectivity index (χ3n) is 3.59. The third kappa shape index (κ3) is 3.48. The van der Waals surface area contributed by atoms with Crippen LogP contribution in [0, 0.1) is 12.8 Å². The molecule has 1 aliphatic rings. The van der Waals surface area contributed by atoms with E-state index in [1.54, 1.807) is 11.3 Å². The minimum Gasteiger partial charge on any atom is -0.333 e. The number of carbonyl (C=O) groups is 1. The molecule has 1 saturated heterocycles. The van der Waals surface area contributed by atoms with E-state index in [4.69, 9.17) is 0 Å². The predicted octanol–water partition coefficient (Wildman–Crippen LogP) is 3.39. The van der Waals surface area contributed by atoms with Gasteiger partial charge in [-0.1, -0.05) is 13.3 Å². The van der Waals surface area contributed by atoms with Crippen LogP contribution in [-0.4, -0.2) is 24.0 Å². The highest BCUT2D eigenvalue weighted by molar-refractivity contribution is 7.11. The van der Waals surface area contributed by atoms with Crippen molar-refractivity contribution in [3.8, 4) is 0 Å². The van der Waals surface area contributed by atoms with Crippen molar-refractivity contribution in [3.05, 3.63) is 21.9 Å². The molecule has 1 aromatic rings. The highest BCUT2D eigenvalue weighted by atomic mass is 32.1. The fraction of sp³-hybridized carbons (Fsp3) is 0.643. The van der Waals surface area contributed by atoms with E-state index in [0.717, 1.165) is 19.5 Å². The van der Waals surface area contributed by atoms with Crippen molar-refractivity contribution in [2.75, 3.05) is 13.1 Å². The van der Waals surface area contributed by atoms with Gasteiger partial charge in [-0.05, 0) is 37.8 Å². The van der Waals surface area contributed by atoms with Gasteiger partial charge >= 0.3 is 6.03 Å². The quantitative estimate of drug-likeness (QED) is 0.893. The molecule has 2 amide bonds. The van der Waals surface area contributed by atoms with Crippen LogP contribution in [0.15, 0.2) is 12.1 Å². The minimum absolute atomic E-state index is 0.0965. The zero-order valence-corrected chi connectivity index (χ0v) is 12.1. The molecule has 1 fully saturated rings. The van der Waals surface area contributed by atoms with Gasteiger partial charge in [-0.15, -0.1) is 11.3 Å². The minimum atomic E-state index is 0.0965. The van der Waals surface area contributed by atoms with Crippen molar-refractivity contribution in [1.29, 1.82) is 0 Å². The van der Waals surface area contributed by atoms with Crippen LogP contribution < -0.4 is 5.32 Å². The number of hydrogen-bond donors (Lipinski definition) is 1. The number of hydrogen-bond acceptors (Lipinski definition) is 2. The molecule has 0 aromatic carbocycles. The van der Waals surface area contributed by atoms with Crippen LogP contribution in [0.4, 0.5) is 4.79 Å². The summed E-state index contributed by atoms with van der Waals surface area (Å²) in [6.45, 7) is 6.79. The van der Waals surface area contributed by atoms with Crippen molar-refractivity contribution < 1.29 is 4.79 Å². The molecule has 100 valence electrons. The van der Waals surface area contributed by atoms with Gasteiger partial charge in [0.05, 0.1) is 6.54 Å². The van der Waals surface area contributed by atoms with Gasteiger partial charge in [0, 0.05) is 22.8 Å². The number of amides is 2. The lowest BCUT2D eigenvalue weighted by Gasteiger charge is -2.32. The van der Waals surface area contributed by atoms with E-state index in [0.29, 0.717) is 12.5 Å². The predicted molar refractivity (Wildman–Crippen MR) is 75.9 cm³/mol. The van der Waals surface area contributed by atoms with Crippen LogP contribution in [0.25, 0.3) is 0 Å². The SMILES string of the molecule is CCC1CCCN(C(=O)NCc2ccc(C)s2)C1. The maximum atomic E-state index is 12.1. The summed E-state index contributed by atoms with van der Waals surface area (Å²) in [5.41, 5.74) is 0. The second-order valence-corrected chi connectivity index (χ2v) is 6.41. The van der Waals surface area contributed by atoms with Crippen LogP contribution in [0.3, 0.4) is 0 Å². The van der Waals surface area contributed by atoms with Gasteiger partial charge in [-0.2, -0.15) is 0 Å². The van der Waals surface area contributed by atoms with Crippen LogP contribution >= 0.6 is 11.3 Å². The second kappa shape index (κ2) is 6.23. The van der Waals surface area contributed by atoms with Gasteiger partial charge in [-0.25, -0.2) is 4.79 Å². The molecule has 0 radical (unpaired) electrons. The fourth-order valence-electron chi connectivity index (χ4n) is 2.44. The number of urea groups is 1. The molecule has 4 heteroatoms. The topological polar surface area (TPSA) is 32.3 Å². The first kappa shape index (κ1) is 13.4. The van der Waals surface area contributed by atoms with Crippen molar-refractivity contribution in [2.24, 2.45) is 5.92 Å². The van der Waals surface area contributed by atoms with E-state index >= 15 is 0 Å². The van der Waals surface area contributed by atoms with Gasteiger partial charge < -0.3 is 10.2 Å². The van der Waals surface area contributed by atoms with Gasteiger partial charge in [0.15, 0.2) is 0 Å². The zero-order valence-electron chi connectivity index (χ0n) is 11.2. The van der Waals surface area contributed by atoms with Crippen LogP contribution in [0.2, 0.25) is 0 Å². The first-order chi connectivity index (χ1) is 8.69. The van der Waals surface area contributed by atoms with E-state index in [1.165, 1.54) is 22.6 Å². The second-order valence-electron chi connectivity index (χ2n) is 5.03. The Morgan fingerprint density at radius 3 is 3.06 bits per heavy atom. The largest absolute Gasteiger partial charge is 0.333 e. The normalized spacial score (nSPS) is 19.9. The van der Waals surface area contributed by atoms with Gasteiger partial charge in [0.2, 0.25) is 0 Å². The van der Waals surface area contributed by atoms with Crippen LogP contribution in [0.5, 0.6) is 0 Å². The Balaban J connectivity index is 1.80. The fourth-order valence-corrected chi connectivity index (χ4v) is 3.27. The molecular formula is C14H22N2OS. The Bertz CT molecular complexity index is 402. The molecule has 18 heavy (non-hydrogen) atoms. The first-order valence-corrected chi connectivity index (χ1v) is 7.58. The lowest BCUT2D eigenvalue weighted by Crippen LogP contribution is -2.45. The Morgan fingerprint density at radius 1 is 1.56 bits per heavy atom. The van der Waals surface area contributed by atoms with E-state index in [2.05, 4.69) is 31.3 Å². The van der Waals surface area contributed by atoms with E-state index < -0.39 is 0 Å². The Labute approximate surface area is 113 Å². The summed E-state index contributed by atoms with van der Waals surface area (Å²) in [5, 5.41) is 3.02. The Kier molecular flexibility index (Phi) is 4.64. The number of aryl methyl sites for hydroxylation is 1. The lowest BCUT2D eigenvalue weighted by atomic mass is 9.96. The van der Waals surface area contributed by atoms with Crippen LogP contribution in [-0.2, 0) is 6.54 Å². The maximum Gasteiger partial charge on any atom is 0.317 e. The average Bonchev–Trinajstić information content (AvgIpc) is 2.82. The molecule has 0 saturated carbocycles. The number of nitrogens with one attached hydrogen (secondary N) is 1. The van der Waals surface area contributed by atoms with Crippen molar-refractivity contribution in [1.82, 2.24) is 10.2 Å². The lowest BCUT2D eigenvalue weighted by molar-refractivity contribution is 0.164. The molecule has 1 aromatic heterocycles. The van der Waals surface area contributed by atoms with Crippen molar-refractivity contribution >= 4 is 17.4 Å². The number of likely N-dealkylation sites (tertiary alicyclic amines) is 1. The summed E-state index contributed by atoms with van der Waals surface area (Å²) in [6, 6.07) is 4.28. The molecule has 0 aliphatic carbocycles. The van der Waals surface area contributed by atoms with Crippen molar-refractivity contribution in [3.63, 3.8) is 0 Å². The summed E-state index contributed by atoms with van der Waals surface area (Å²) in [5.74, 6) is 0.688. The number of carbonyl (C=O) groups excluding carboxylic acids is 1. The van der Waals surface area contributed by atoms with Gasteiger partial charge in [0.25, 0.3) is 0 Å². The van der Waals surface area contributed by atoms with Gasteiger partial charge in [-0.3, -0.25) is 0 Å². The average molecular weight is 266 g/mol. The third-order valence-corrected chi connectivity index (χ3v) is 4.59. The summed E-state index contributed by atoms with van der Waals surface area (Å²) in [4.78, 5) is 16.6. The molecule has 0 bridgehead atoms. The van der Waals surface area contributed by atoms with Crippen LogP contribution in [0.1, 0.15) is 35.9 Å². The Hall–Kier alpha value is -1.03. The van der Waals surface area contributed by atoms with Crippen molar-refractivity contribution in [2.45, 2.75) is 39.7 Å². The number of nitrogens with zero attached hydrogens (tertiary/aromatic N) is 1. The molecule has 3 nitrogen and oxygen atoms in total. The maximum absolute atomic E-state index is 12.1. The zero-order chi connectivity index (χ0) is 13.0. The highest BCUT2D eigenvalue weighted by Gasteiger charge is 2.22. The smallest absolute Gasteiger partial charge is 0.317 e. The monoisotopic (exact) mass is 266 g/mol. The van der Waals surface area contributed by atoms with Gasteiger partial charge in [0.1, 0.15) is 0 Å². The van der Waals surface area contributed by atoms with E-state index in [9.17, 15) is 4.79 Å². The Morgan fingerprint density at radius 2 is 2.39 bits per heavy atom. The number of piperidine rings is 1. The molecule has 1 aliphatic heterocycles. The number of thiophene rings is 1. The molecular weight excluding hydrogens is 244 g/mol. The summed E-state index contributed by atoms with van der Waals surface area (Å²) in [6.07, 6.45) is 3.59.